The Kier molecular flexibility index (Phi) is 6.52. The molecule has 1 heterocycles. The lowest BCUT2D eigenvalue weighted by Crippen LogP contribution is -2.08. The molecule has 3 aromatic rings. The minimum absolute atomic E-state index is 0.0342. The summed E-state index contributed by atoms with van der Waals surface area (Å²) in [6.07, 6.45) is 0. The molecule has 0 saturated carbocycles. The number of hydrogen-bond donors (Lipinski definition) is 2. The number of carbonyl (C=O) groups excluding carboxylic acids is 1. The molecule has 6 nitrogen and oxygen atoms in total. The van der Waals surface area contributed by atoms with E-state index in [4.69, 9.17) is 16.3 Å². The van der Waals surface area contributed by atoms with Gasteiger partial charge in [-0.15, -0.1) is 11.8 Å². The summed E-state index contributed by atoms with van der Waals surface area (Å²) in [5.41, 5.74) is 2.80. The molecule has 8 heteroatoms. The van der Waals surface area contributed by atoms with Crippen LogP contribution in [-0.2, 0) is 24.1 Å². The summed E-state index contributed by atoms with van der Waals surface area (Å²) in [6, 6.07) is 10.3. The number of halogens is 1. The second-order valence-corrected chi connectivity index (χ2v) is 7.80. The van der Waals surface area contributed by atoms with E-state index in [9.17, 15) is 19.8 Å². The van der Waals surface area contributed by atoms with Crippen molar-refractivity contribution in [2.75, 3.05) is 6.61 Å². The normalized spacial score (nSPS) is 11.0. The topological polar surface area (TPSA) is 88.8 Å². The number of fused-ring (bicyclic) bond motifs is 1. The van der Waals surface area contributed by atoms with Crippen LogP contribution in [0.1, 0.15) is 38.9 Å². The number of aliphatic hydroxyl groups is 1. The highest BCUT2D eigenvalue weighted by atomic mass is 35.5. The summed E-state index contributed by atoms with van der Waals surface area (Å²) in [6.45, 7) is 1.87. The van der Waals surface area contributed by atoms with E-state index in [-0.39, 0.29) is 23.8 Å². The Bertz CT molecular complexity index is 1090. The Morgan fingerprint density at radius 2 is 1.97 bits per heavy atom. The Labute approximate surface area is 177 Å². The van der Waals surface area contributed by atoms with Crippen LogP contribution in [0.3, 0.4) is 0 Å². The number of rotatable bonds is 7. The molecule has 0 aliphatic heterocycles. The predicted octanol–water partition coefficient (Wildman–Crippen LogP) is 4.49. The smallest absolute Gasteiger partial charge is 0.340 e. The number of nitrogens with zero attached hydrogens (tertiary/aromatic N) is 1. The van der Waals surface area contributed by atoms with Gasteiger partial charge in [-0.2, -0.15) is 0 Å². The fraction of sp³-hybridized carbons (Fsp3) is 0.238. The third-order valence-electron chi connectivity index (χ3n) is 4.59. The second-order valence-electron chi connectivity index (χ2n) is 6.35. The van der Waals surface area contributed by atoms with Gasteiger partial charge in [0.2, 0.25) is 0 Å². The van der Waals surface area contributed by atoms with Crippen molar-refractivity contribution >= 4 is 46.2 Å². The van der Waals surface area contributed by atoms with Gasteiger partial charge in [-0.1, -0.05) is 17.7 Å². The van der Waals surface area contributed by atoms with Gasteiger partial charge in [0.05, 0.1) is 29.4 Å². The van der Waals surface area contributed by atoms with Crippen molar-refractivity contribution in [3.05, 3.63) is 63.8 Å². The molecular formula is C21H20ClNO5S. The van der Waals surface area contributed by atoms with Crippen LogP contribution < -0.4 is 0 Å². The zero-order valence-electron chi connectivity index (χ0n) is 15.9. The lowest BCUT2D eigenvalue weighted by Gasteiger charge is -2.09. The fourth-order valence-electron chi connectivity index (χ4n) is 3.15. The Hall–Kier alpha value is -2.48. The molecule has 152 valence electrons. The average Bonchev–Trinajstić information content (AvgIpc) is 2.98. The van der Waals surface area contributed by atoms with Crippen LogP contribution >= 0.6 is 23.4 Å². The van der Waals surface area contributed by atoms with Crippen LogP contribution in [0, 0.1) is 0 Å². The molecule has 0 spiro atoms. The fourth-order valence-corrected chi connectivity index (χ4v) is 4.36. The first-order valence-corrected chi connectivity index (χ1v) is 10.3. The average molecular weight is 434 g/mol. The third kappa shape index (κ3) is 4.27. The molecule has 0 aliphatic carbocycles. The summed E-state index contributed by atoms with van der Waals surface area (Å²) >= 11 is 7.34. The van der Waals surface area contributed by atoms with Crippen molar-refractivity contribution in [2.24, 2.45) is 7.05 Å². The van der Waals surface area contributed by atoms with Crippen LogP contribution in [0.2, 0.25) is 5.02 Å². The second kappa shape index (κ2) is 8.90. The molecule has 2 aromatic carbocycles. The number of thioether (sulfide) groups is 1. The molecule has 0 atom stereocenters. The molecule has 0 bridgehead atoms. The number of carboxylic acid groups (broad SMARTS) is 1. The summed E-state index contributed by atoms with van der Waals surface area (Å²) in [5, 5.41) is 19.6. The van der Waals surface area contributed by atoms with E-state index in [1.165, 1.54) is 17.8 Å². The molecule has 1 aromatic heterocycles. The first-order chi connectivity index (χ1) is 13.9. The molecule has 0 fully saturated rings. The molecule has 0 unspecified atom stereocenters. The molecule has 0 amide bonds. The Balaban J connectivity index is 2.03. The zero-order valence-corrected chi connectivity index (χ0v) is 17.5. The molecular weight excluding hydrogens is 414 g/mol. The van der Waals surface area contributed by atoms with E-state index < -0.39 is 11.9 Å². The number of aromatic nitrogens is 1. The molecule has 0 radical (unpaired) electrons. The summed E-state index contributed by atoms with van der Waals surface area (Å²) in [4.78, 5) is 24.7. The van der Waals surface area contributed by atoms with Gasteiger partial charge in [0.15, 0.2) is 0 Å². The molecule has 0 aliphatic rings. The Morgan fingerprint density at radius 1 is 1.21 bits per heavy atom. The van der Waals surface area contributed by atoms with Crippen molar-refractivity contribution in [3.63, 3.8) is 0 Å². The maximum Gasteiger partial charge on any atom is 0.340 e. The largest absolute Gasteiger partial charge is 0.478 e. The van der Waals surface area contributed by atoms with Crippen molar-refractivity contribution in [1.29, 1.82) is 0 Å². The maximum atomic E-state index is 12.7. The number of esters is 1. The summed E-state index contributed by atoms with van der Waals surface area (Å²) < 4.78 is 7.18. The number of benzene rings is 2. The monoisotopic (exact) mass is 433 g/mol. The van der Waals surface area contributed by atoms with Crippen molar-refractivity contribution in [3.8, 4) is 0 Å². The van der Waals surface area contributed by atoms with Crippen LogP contribution in [0.4, 0.5) is 0 Å². The summed E-state index contributed by atoms with van der Waals surface area (Å²) in [5.74, 6) is -1.09. The number of carbonyl (C=O) groups is 2. The zero-order chi connectivity index (χ0) is 21.1. The van der Waals surface area contributed by atoms with Crippen LogP contribution in [0.15, 0.2) is 41.3 Å². The van der Waals surface area contributed by atoms with Gasteiger partial charge in [0.25, 0.3) is 0 Å². The van der Waals surface area contributed by atoms with E-state index >= 15 is 0 Å². The molecule has 2 N–H and O–H groups in total. The van der Waals surface area contributed by atoms with Crippen LogP contribution in [0.5, 0.6) is 0 Å². The SMILES string of the molecule is CCOC(=O)c1c(CSc2ccc(Cl)c(C(=O)O)c2)n(C)c2ccc(CO)cc12. The van der Waals surface area contributed by atoms with E-state index in [0.29, 0.717) is 16.9 Å². The molecule has 3 rings (SSSR count). The quantitative estimate of drug-likeness (QED) is 0.421. The van der Waals surface area contributed by atoms with E-state index in [0.717, 1.165) is 21.5 Å². The number of aromatic carboxylic acids is 1. The molecule has 29 heavy (non-hydrogen) atoms. The number of ether oxygens (including phenoxy) is 1. The first kappa shape index (κ1) is 21.2. The number of hydrogen-bond acceptors (Lipinski definition) is 5. The van der Waals surface area contributed by atoms with Crippen molar-refractivity contribution in [2.45, 2.75) is 24.2 Å². The highest BCUT2D eigenvalue weighted by Crippen LogP contribution is 2.33. The molecule has 0 saturated heterocycles. The number of aryl methyl sites for hydroxylation is 1. The van der Waals surface area contributed by atoms with E-state index in [1.54, 1.807) is 25.1 Å². The number of aliphatic hydroxyl groups excluding tert-OH is 1. The van der Waals surface area contributed by atoms with Gasteiger partial charge < -0.3 is 19.5 Å². The van der Waals surface area contributed by atoms with Crippen molar-refractivity contribution < 1.29 is 24.5 Å². The summed E-state index contributed by atoms with van der Waals surface area (Å²) in [7, 11) is 1.87. The standard InChI is InChI=1S/C21H20ClNO5S/c1-3-28-21(27)19-15-8-12(10-24)4-7-17(15)23(2)18(19)11-29-13-5-6-16(22)14(9-13)20(25)26/h4-9,24H,3,10-11H2,1-2H3,(H,25,26). The van der Waals surface area contributed by atoms with Gasteiger partial charge in [-0.05, 0) is 42.8 Å². The minimum atomic E-state index is -1.09. The van der Waals surface area contributed by atoms with Crippen molar-refractivity contribution in [1.82, 2.24) is 4.57 Å². The lowest BCUT2D eigenvalue weighted by atomic mass is 10.1. The van der Waals surface area contributed by atoms with Gasteiger partial charge in [-0.3, -0.25) is 0 Å². The van der Waals surface area contributed by atoms with Gasteiger partial charge in [0, 0.05) is 34.3 Å². The highest BCUT2D eigenvalue weighted by Gasteiger charge is 2.23. The highest BCUT2D eigenvalue weighted by molar-refractivity contribution is 7.98. The van der Waals surface area contributed by atoms with Gasteiger partial charge in [0.1, 0.15) is 0 Å². The lowest BCUT2D eigenvalue weighted by molar-refractivity contribution is 0.0527. The van der Waals surface area contributed by atoms with Gasteiger partial charge >= 0.3 is 11.9 Å². The maximum absolute atomic E-state index is 12.7. The Morgan fingerprint density at radius 3 is 2.62 bits per heavy atom. The minimum Gasteiger partial charge on any atom is -0.478 e. The number of carboxylic acids is 1. The van der Waals surface area contributed by atoms with E-state index in [1.807, 2.05) is 23.7 Å². The first-order valence-electron chi connectivity index (χ1n) is 8.91. The van der Waals surface area contributed by atoms with E-state index in [2.05, 4.69) is 0 Å². The predicted molar refractivity (Wildman–Crippen MR) is 113 cm³/mol. The van der Waals surface area contributed by atoms with Crippen LogP contribution in [0.25, 0.3) is 10.9 Å². The van der Waals surface area contributed by atoms with Gasteiger partial charge in [-0.25, -0.2) is 9.59 Å². The van der Waals surface area contributed by atoms with Crippen LogP contribution in [-0.4, -0.2) is 33.3 Å². The third-order valence-corrected chi connectivity index (χ3v) is 5.93.